The Kier molecular flexibility index (Phi) is 8.29. The molecule has 1 atom stereocenters. The van der Waals surface area contributed by atoms with Crippen LogP contribution in [0, 0.1) is 5.82 Å². The van der Waals surface area contributed by atoms with Gasteiger partial charge in [-0.05, 0) is 42.8 Å². The molecular formula is C23H22ClF4N3O3. The third-order valence-electron chi connectivity index (χ3n) is 5.03. The zero-order valence-corrected chi connectivity index (χ0v) is 18.8. The highest BCUT2D eigenvalue weighted by atomic mass is 35.5. The number of aromatic nitrogens is 2. The molecule has 0 fully saturated rings. The Labute approximate surface area is 198 Å². The molecule has 0 unspecified atom stereocenters. The lowest BCUT2D eigenvalue weighted by Crippen LogP contribution is -2.28. The number of hydrogen-bond acceptors (Lipinski definition) is 4. The van der Waals surface area contributed by atoms with Gasteiger partial charge in [-0.2, -0.15) is 18.3 Å². The third-order valence-corrected chi connectivity index (χ3v) is 5.27. The molecule has 2 N–H and O–H groups in total. The largest absolute Gasteiger partial charge is 0.435 e. The Morgan fingerprint density at radius 3 is 2.65 bits per heavy atom. The molecule has 0 aliphatic heterocycles. The number of aliphatic hydroxyl groups is 1. The monoisotopic (exact) mass is 499 g/mol. The van der Waals surface area contributed by atoms with Crippen LogP contribution in [0.15, 0.2) is 48.5 Å². The summed E-state index contributed by atoms with van der Waals surface area (Å²) in [4.78, 5) is 12.7. The van der Waals surface area contributed by atoms with Gasteiger partial charge in [0.1, 0.15) is 5.82 Å². The molecule has 0 aliphatic rings. The van der Waals surface area contributed by atoms with Crippen molar-refractivity contribution < 1.29 is 32.2 Å². The van der Waals surface area contributed by atoms with E-state index in [1.165, 1.54) is 18.2 Å². The maximum atomic E-state index is 14.3. The van der Waals surface area contributed by atoms with Gasteiger partial charge in [-0.15, -0.1) is 0 Å². The molecule has 1 heterocycles. The van der Waals surface area contributed by atoms with Crippen molar-refractivity contribution in [3.8, 4) is 5.69 Å². The van der Waals surface area contributed by atoms with Crippen LogP contribution < -0.4 is 5.32 Å². The van der Waals surface area contributed by atoms with Gasteiger partial charge in [0.2, 0.25) is 5.91 Å². The number of hydrogen-bond donors (Lipinski definition) is 2. The van der Waals surface area contributed by atoms with E-state index in [-0.39, 0.29) is 37.6 Å². The van der Waals surface area contributed by atoms with E-state index in [4.69, 9.17) is 21.4 Å². The van der Waals surface area contributed by atoms with Gasteiger partial charge in [-0.1, -0.05) is 29.8 Å². The van der Waals surface area contributed by atoms with E-state index >= 15 is 0 Å². The van der Waals surface area contributed by atoms with E-state index in [2.05, 4.69) is 10.4 Å². The number of nitrogens with one attached hydrogen (secondary N) is 1. The molecule has 0 aliphatic carbocycles. The summed E-state index contributed by atoms with van der Waals surface area (Å²) in [5, 5.41) is 15.3. The van der Waals surface area contributed by atoms with Gasteiger partial charge in [0.25, 0.3) is 0 Å². The van der Waals surface area contributed by atoms with Crippen LogP contribution in [0.2, 0.25) is 5.02 Å². The first-order valence-electron chi connectivity index (χ1n) is 10.3. The Hall–Kier alpha value is -2.95. The first-order valence-corrected chi connectivity index (χ1v) is 10.6. The lowest BCUT2D eigenvalue weighted by atomic mass is 9.98. The van der Waals surface area contributed by atoms with E-state index in [1.54, 1.807) is 31.2 Å². The molecule has 3 rings (SSSR count). The van der Waals surface area contributed by atoms with Crippen molar-refractivity contribution in [2.24, 2.45) is 0 Å². The quantitative estimate of drug-likeness (QED) is 0.333. The molecule has 182 valence electrons. The highest BCUT2D eigenvalue weighted by Gasteiger charge is 2.35. The van der Waals surface area contributed by atoms with Gasteiger partial charge in [0.15, 0.2) is 5.69 Å². The normalized spacial score (nSPS) is 12.6. The Bertz CT molecular complexity index is 1150. The molecule has 1 amide bonds. The molecule has 11 heteroatoms. The van der Waals surface area contributed by atoms with Gasteiger partial charge >= 0.3 is 6.18 Å². The molecule has 0 spiro atoms. The number of benzene rings is 2. The number of nitrogens with zero attached hydrogens (tertiary/aromatic N) is 2. The van der Waals surface area contributed by atoms with Crippen molar-refractivity contribution in [2.45, 2.75) is 32.2 Å². The minimum atomic E-state index is -4.67. The lowest BCUT2D eigenvalue weighted by molar-refractivity contribution is -0.141. The second-order valence-electron chi connectivity index (χ2n) is 7.48. The van der Waals surface area contributed by atoms with Crippen molar-refractivity contribution in [1.82, 2.24) is 15.1 Å². The van der Waals surface area contributed by atoms with E-state index < -0.39 is 29.5 Å². The number of alkyl halides is 3. The van der Waals surface area contributed by atoms with Crippen molar-refractivity contribution in [2.75, 3.05) is 13.2 Å². The molecule has 0 saturated heterocycles. The standard InChI is InChI=1S/C23H22ClF4N3O3/c1-14(15-5-6-16(20(25)9-15)13-34-8-7-32)22(33)29-12-19-11-21(23(26,27)28)30-31(19)18-4-2-3-17(24)10-18/h2-6,9-11,14,32H,7-8,12-13H2,1H3,(H,29,33)/t14-/m1/s1. The third kappa shape index (κ3) is 6.34. The zero-order valence-electron chi connectivity index (χ0n) is 18.1. The van der Waals surface area contributed by atoms with Crippen LogP contribution in [0.4, 0.5) is 17.6 Å². The lowest BCUT2D eigenvalue weighted by Gasteiger charge is -2.15. The molecule has 0 radical (unpaired) electrons. The second-order valence-corrected chi connectivity index (χ2v) is 7.91. The Balaban J connectivity index is 1.75. The molecule has 0 saturated carbocycles. The van der Waals surface area contributed by atoms with Crippen LogP contribution >= 0.6 is 11.6 Å². The zero-order chi connectivity index (χ0) is 24.9. The van der Waals surface area contributed by atoms with Crippen molar-refractivity contribution in [3.63, 3.8) is 0 Å². The fourth-order valence-electron chi connectivity index (χ4n) is 3.19. The highest BCUT2D eigenvalue weighted by molar-refractivity contribution is 6.30. The predicted molar refractivity (Wildman–Crippen MR) is 117 cm³/mol. The summed E-state index contributed by atoms with van der Waals surface area (Å²) in [6.45, 7) is 1.18. The van der Waals surface area contributed by atoms with E-state index in [0.29, 0.717) is 16.3 Å². The molecular weight excluding hydrogens is 478 g/mol. The summed E-state index contributed by atoms with van der Waals surface area (Å²) >= 11 is 5.96. The van der Waals surface area contributed by atoms with Crippen molar-refractivity contribution >= 4 is 17.5 Å². The van der Waals surface area contributed by atoms with Gasteiger partial charge < -0.3 is 15.2 Å². The summed E-state index contributed by atoms with van der Waals surface area (Å²) < 4.78 is 60.2. The Morgan fingerprint density at radius 1 is 1.24 bits per heavy atom. The molecule has 2 aromatic carbocycles. The summed E-state index contributed by atoms with van der Waals surface area (Å²) in [6.07, 6.45) is -4.67. The van der Waals surface area contributed by atoms with E-state index in [1.807, 2.05) is 0 Å². The summed E-state index contributed by atoms with van der Waals surface area (Å²) in [6, 6.07) is 11.3. The van der Waals surface area contributed by atoms with Gasteiger partial charge in [-0.25, -0.2) is 9.07 Å². The van der Waals surface area contributed by atoms with Crippen molar-refractivity contribution in [1.29, 1.82) is 0 Å². The first-order chi connectivity index (χ1) is 16.1. The number of ether oxygens (including phenoxy) is 1. The van der Waals surface area contributed by atoms with Crippen LogP contribution in [-0.4, -0.2) is 34.0 Å². The summed E-state index contributed by atoms with van der Waals surface area (Å²) in [5.74, 6) is -1.84. The minimum Gasteiger partial charge on any atom is -0.394 e. The SMILES string of the molecule is C[C@@H](C(=O)NCc1cc(C(F)(F)F)nn1-c1cccc(Cl)c1)c1ccc(COCCO)c(F)c1. The number of aliphatic hydroxyl groups excluding tert-OH is 1. The summed E-state index contributed by atoms with van der Waals surface area (Å²) in [7, 11) is 0. The number of amides is 1. The molecule has 34 heavy (non-hydrogen) atoms. The average Bonchev–Trinajstić information content (AvgIpc) is 3.23. The minimum absolute atomic E-state index is 0.0255. The fourth-order valence-corrected chi connectivity index (χ4v) is 3.38. The van der Waals surface area contributed by atoms with E-state index in [0.717, 1.165) is 10.7 Å². The van der Waals surface area contributed by atoms with Crippen molar-refractivity contribution in [3.05, 3.63) is 81.9 Å². The highest BCUT2D eigenvalue weighted by Crippen LogP contribution is 2.30. The molecule has 1 aromatic heterocycles. The van der Waals surface area contributed by atoms with Crippen LogP contribution in [0.25, 0.3) is 5.69 Å². The predicted octanol–water partition coefficient (Wildman–Crippen LogP) is 4.61. The van der Waals surface area contributed by atoms with E-state index in [9.17, 15) is 22.4 Å². The smallest absolute Gasteiger partial charge is 0.394 e. The van der Waals surface area contributed by atoms with Gasteiger partial charge in [0.05, 0.1) is 43.7 Å². The van der Waals surface area contributed by atoms with Gasteiger partial charge in [-0.3, -0.25) is 4.79 Å². The number of halogens is 5. The summed E-state index contributed by atoms with van der Waals surface area (Å²) in [5.41, 5.74) is -0.0416. The van der Waals surface area contributed by atoms with Crippen LogP contribution in [0.5, 0.6) is 0 Å². The number of rotatable bonds is 9. The molecule has 3 aromatic rings. The second kappa shape index (κ2) is 11.0. The maximum absolute atomic E-state index is 14.3. The van der Waals surface area contributed by atoms with Crippen LogP contribution in [0.1, 0.15) is 35.4 Å². The number of carbonyl (C=O) groups is 1. The van der Waals surface area contributed by atoms with Crippen LogP contribution in [0.3, 0.4) is 0 Å². The first kappa shape index (κ1) is 25.7. The Morgan fingerprint density at radius 2 is 2.00 bits per heavy atom. The number of carbonyl (C=O) groups excluding carboxylic acids is 1. The molecule has 6 nitrogen and oxygen atoms in total. The topological polar surface area (TPSA) is 76.4 Å². The fraction of sp³-hybridized carbons (Fsp3) is 0.304. The van der Waals surface area contributed by atoms with Gasteiger partial charge in [0, 0.05) is 10.6 Å². The average molecular weight is 500 g/mol. The maximum Gasteiger partial charge on any atom is 0.435 e. The van der Waals surface area contributed by atoms with Crippen LogP contribution in [-0.2, 0) is 28.9 Å². The molecule has 0 bridgehead atoms.